The average Bonchev–Trinajstić information content (AvgIpc) is 2.94. The second-order valence-electron chi connectivity index (χ2n) is 19.8. The van der Waals surface area contributed by atoms with Gasteiger partial charge >= 0.3 is 0 Å². The maximum atomic E-state index is 6.96. The molecule has 414 valence electrons. The average molecular weight is 1110 g/mol. The van der Waals surface area contributed by atoms with Gasteiger partial charge in [-0.3, -0.25) is 0 Å². The van der Waals surface area contributed by atoms with E-state index in [4.69, 9.17) is 54.9 Å². The summed E-state index contributed by atoms with van der Waals surface area (Å²) in [5.74, 6) is 7.21. The second-order valence-corrected chi connectivity index (χ2v) is 19.8. The van der Waals surface area contributed by atoms with E-state index >= 15 is 0 Å². The Morgan fingerprint density at radius 3 is 0.429 bits per heavy atom. The molecule has 0 aliphatic rings. The molecule has 0 aliphatic carbocycles. The number of ether oxygens (including phenoxy) is 6. The van der Waals surface area contributed by atoms with E-state index in [9.17, 15) is 0 Å². The van der Waals surface area contributed by atoms with E-state index in [1.165, 1.54) is 0 Å². The zero-order chi connectivity index (χ0) is 57.3. The maximum absolute atomic E-state index is 6.96. The molecule has 12 nitrogen and oxygen atoms in total. The van der Waals surface area contributed by atoms with Crippen LogP contribution in [0.3, 0.4) is 0 Å². The minimum absolute atomic E-state index is 0.479. The van der Waals surface area contributed by atoms with Crippen molar-refractivity contribution in [1.29, 1.82) is 0 Å². The largest absolute Gasteiger partial charge is 0.497 e. The fraction of sp³-hybridized carbons (Fsp3) is 0.0833. The third kappa shape index (κ3) is 9.96. The molecule has 13 rings (SSSR count). The number of furan rings is 6. The van der Waals surface area contributed by atoms with Crippen LogP contribution in [0, 0.1) is 0 Å². The van der Waals surface area contributed by atoms with Crippen LogP contribution in [0.1, 0.15) is 0 Å². The number of hydrogen-bond donors (Lipinski definition) is 0. The van der Waals surface area contributed by atoms with Gasteiger partial charge in [0.05, 0.1) is 80.2 Å². The van der Waals surface area contributed by atoms with Gasteiger partial charge < -0.3 is 54.9 Å². The van der Waals surface area contributed by atoms with Gasteiger partial charge in [-0.05, 0) is 143 Å². The van der Waals surface area contributed by atoms with Gasteiger partial charge in [-0.15, -0.1) is 0 Å². The molecule has 0 unspecified atom stereocenters. The molecule has 0 amide bonds. The van der Waals surface area contributed by atoms with Crippen molar-refractivity contribution in [1.82, 2.24) is 0 Å². The fourth-order valence-electron chi connectivity index (χ4n) is 10.6. The van der Waals surface area contributed by atoms with Gasteiger partial charge in [0.1, 0.15) is 69.1 Å². The monoisotopic (exact) mass is 1110 g/mol. The van der Waals surface area contributed by atoms with Crippen LogP contribution in [0.2, 0.25) is 0 Å². The van der Waals surface area contributed by atoms with E-state index in [1.54, 1.807) is 80.2 Å². The molecule has 6 heterocycles. The van der Waals surface area contributed by atoms with Crippen LogP contribution in [0.5, 0.6) is 34.5 Å². The number of rotatable bonds is 18. The van der Waals surface area contributed by atoms with Gasteiger partial charge in [-0.2, -0.15) is 0 Å². The van der Waals surface area contributed by atoms with Crippen molar-refractivity contribution in [2.24, 2.45) is 0 Å². The summed E-state index contributed by atoms with van der Waals surface area (Å²) in [7, 11) is 9.90. The third-order valence-electron chi connectivity index (χ3n) is 15.1. The highest BCUT2D eigenvalue weighted by Crippen LogP contribution is 2.58. The topological polar surface area (TPSA) is 134 Å². The highest BCUT2D eigenvalue weighted by atomic mass is 16.5. The Bertz CT molecular complexity index is 3640. The number of methoxy groups -OCH3 is 6. The molecule has 0 saturated carbocycles. The molecule has 12 heteroatoms. The molecule has 0 fully saturated rings. The molecule has 0 spiro atoms. The Morgan fingerprint density at radius 1 is 0.179 bits per heavy atom. The minimum atomic E-state index is 0.479. The predicted octanol–water partition coefficient (Wildman–Crippen LogP) is 19.3. The molecule has 0 radical (unpaired) electrons. The quantitative estimate of drug-likeness (QED) is 0.0809. The van der Waals surface area contributed by atoms with Crippen molar-refractivity contribution >= 4 is 0 Å². The molecular formula is C72H54O12. The number of hydrogen-bond acceptors (Lipinski definition) is 12. The van der Waals surface area contributed by atoms with Crippen LogP contribution in [0.4, 0.5) is 0 Å². The lowest BCUT2D eigenvalue weighted by molar-refractivity contribution is 0.415. The van der Waals surface area contributed by atoms with Gasteiger partial charge in [0.2, 0.25) is 0 Å². The molecule has 0 bridgehead atoms. The van der Waals surface area contributed by atoms with Crippen LogP contribution in [-0.2, 0) is 0 Å². The summed E-state index contributed by atoms with van der Waals surface area (Å²) in [6.07, 6.45) is 10.5. The van der Waals surface area contributed by atoms with Gasteiger partial charge in [0.25, 0.3) is 0 Å². The summed E-state index contributed by atoms with van der Waals surface area (Å²) in [6, 6.07) is 59.3. The first-order valence-electron chi connectivity index (χ1n) is 26.9. The Hall–Kier alpha value is -11.0. The molecule has 0 atom stereocenters. The molecule has 6 aromatic heterocycles. The summed E-state index contributed by atoms with van der Waals surface area (Å²) in [5.41, 5.74) is 13.8. The van der Waals surface area contributed by atoms with Crippen LogP contribution in [0.15, 0.2) is 246 Å². The highest BCUT2D eigenvalue weighted by molar-refractivity contribution is 6.13. The molecule has 0 saturated heterocycles. The van der Waals surface area contributed by atoms with Gasteiger partial charge in [0, 0.05) is 66.8 Å². The van der Waals surface area contributed by atoms with Gasteiger partial charge in [0.15, 0.2) is 0 Å². The number of benzene rings is 7. The smallest absolute Gasteiger partial charge is 0.136 e. The molecule has 0 N–H and O–H groups in total. The third-order valence-corrected chi connectivity index (χ3v) is 15.1. The van der Waals surface area contributed by atoms with Crippen LogP contribution >= 0.6 is 0 Å². The second kappa shape index (κ2) is 22.5. The standard InChI is InChI=1S/C72H54O12/c1-73-55-19-7-43(8-20-55)49-31-61(79-37-49)67-68(62-32-50(38-80-62)44-9-21-56(74-2)22-10-44)70(64-34-52(40-82-64)46-13-25-58(76-4)26-14-46)72(66-36-54(42-84-66)48-17-29-60(78-6)30-18-48)71(65-35-53(41-83-65)47-15-27-59(77-5)28-16-47)69(67)63-33-51(39-81-63)45-11-23-57(75-3)24-12-45/h7-42H,1-6H3. The van der Waals surface area contributed by atoms with E-state index in [1.807, 2.05) is 182 Å². The Balaban J connectivity index is 1.19. The van der Waals surface area contributed by atoms with Crippen LogP contribution in [0.25, 0.3) is 135 Å². The van der Waals surface area contributed by atoms with E-state index in [0.29, 0.717) is 67.9 Å². The molecule has 84 heavy (non-hydrogen) atoms. The summed E-state index contributed by atoms with van der Waals surface area (Å²) in [6.45, 7) is 0. The molecule has 0 aliphatic heterocycles. The van der Waals surface area contributed by atoms with Gasteiger partial charge in [-0.1, -0.05) is 72.8 Å². The highest BCUT2D eigenvalue weighted by Gasteiger charge is 2.37. The predicted molar refractivity (Wildman–Crippen MR) is 325 cm³/mol. The van der Waals surface area contributed by atoms with E-state index < -0.39 is 0 Å². The molecular weight excluding hydrogens is 1060 g/mol. The van der Waals surface area contributed by atoms with E-state index in [-0.39, 0.29) is 0 Å². The minimum Gasteiger partial charge on any atom is -0.497 e. The lowest BCUT2D eigenvalue weighted by Crippen LogP contribution is -2.00. The normalized spacial score (nSPS) is 11.2. The fourth-order valence-corrected chi connectivity index (χ4v) is 10.6. The SMILES string of the molecule is COc1ccc(-c2coc(-c3c(-c4cc(-c5ccc(OC)cc5)co4)c(-c4cc(-c5ccc(OC)cc5)co4)c(-c4cc(-c5ccc(OC)cc5)co4)c(-c4cc(-c5ccc(OC)cc5)co4)c3-c3cc(-c4ccc(OC)cc4)co3)c2)cc1. The van der Waals surface area contributed by atoms with Crippen LogP contribution < -0.4 is 28.4 Å². The zero-order valence-corrected chi connectivity index (χ0v) is 46.7. The molecule has 7 aromatic carbocycles. The first-order chi connectivity index (χ1) is 41.3. The Kier molecular flexibility index (Phi) is 14.0. The van der Waals surface area contributed by atoms with E-state index in [0.717, 1.165) is 101 Å². The first kappa shape index (κ1) is 52.4. The van der Waals surface area contributed by atoms with Crippen molar-refractivity contribution in [3.63, 3.8) is 0 Å². The maximum Gasteiger partial charge on any atom is 0.136 e. The summed E-state index contributed by atoms with van der Waals surface area (Å²) in [4.78, 5) is 0. The van der Waals surface area contributed by atoms with Crippen molar-refractivity contribution in [3.8, 4) is 169 Å². The molecule has 13 aromatic rings. The van der Waals surface area contributed by atoms with Crippen LogP contribution in [-0.4, -0.2) is 42.7 Å². The van der Waals surface area contributed by atoms with Gasteiger partial charge in [-0.25, -0.2) is 0 Å². The van der Waals surface area contributed by atoms with Crippen molar-refractivity contribution in [3.05, 3.63) is 220 Å². The summed E-state index contributed by atoms with van der Waals surface area (Å²) >= 11 is 0. The van der Waals surface area contributed by atoms with Crippen molar-refractivity contribution in [2.45, 2.75) is 0 Å². The lowest BCUT2D eigenvalue weighted by Gasteiger charge is -2.22. The zero-order valence-electron chi connectivity index (χ0n) is 46.7. The summed E-state index contributed by atoms with van der Waals surface area (Å²) < 4.78 is 75.2. The Labute approximate surface area is 484 Å². The van der Waals surface area contributed by atoms with Crippen molar-refractivity contribution in [2.75, 3.05) is 42.7 Å². The van der Waals surface area contributed by atoms with E-state index in [2.05, 4.69) is 0 Å². The van der Waals surface area contributed by atoms with Crippen molar-refractivity contribution < 1.29 is 54.9 Å². The summed E-state index contributed by atoms with van der Waals surface area (Å²) in [5, 5.41) is 0. The Morgan fingerprint density at radius 2 is 0.310 bits per heavy atom. The lowest BCUT2D eigenvalue weighted by atomic mass is 9.80. The first-order valence-corrected chi connectivity index (χ1v) is 26.9.